The minimum Gasteiger partial charge on any atom is -0.315 e. The molecule has 0 aliphatic carbocycles. The molecule has 0 amide bonds. The van der Waals surface area contributed by atoms with Gasteiger partial charge in [0.15, 0.2) is 0 Å². The van der Waals surface area contributed by atoms with Crippen LogP contribution in [0, 0.1) is 12.8 Å². The summed E-state index contributed by atoms with van der Waals surface area (Å²) in [5.41, 5.74) is 1.09. The third kappa shape index (κ3) is 4.08. The predicted molar refractivity (Wildman–Crippen MR) is 54.7 cm³/mol. The molecular weight excluding hydrogens is 162 g/mol. The van der Waals surface area contributed by atoms with Crippen LogP contribution in [0.25, 0.3) is 0 Å². The highest BCUT2D eigenvalue weighted by Crippen LogP contribution is 1.92. The third-order valence-electron chi connectivity index (χ3n) is 1.84. The Bertz CT molecular complexity index is 240. The minimum atomic E-state index is 0.722. The molecule has 13 heavy (non-hydrogen) atoms. The zero-order valence-corrected chi connectivity index (χ0v) is 8.75. The molecule has 0 fully saturated rings. The molecule has 3 heteroatoms. The zero-order chi connectivity index (χ0) is 9.68. The topological polar surface area (TPSA) is 29.9 Å². The normalized spacial score (nSPS) is 11.1. The monoisotopic (exact) mass is 181 g/mol. The van der Waals surface area contributed by atoms with E-state index in [9.17, 15) is 0 Å². The SMILES string of the molecule is Cc1ccn(CCNCC(C)C)n1. The molecule has 0 aliphatic rings. The van der Waals surface area contributed by atoms with Gasteiger partial charge in [0.1, 0.15) is 0 Å². The lowest BCUT2D eigenvalue weighted by Gasteiger charge is -2.06. The van der Waals surface area contributed by atoms with Crippen molar-refractivity contribution in [1.29, 1.82) is 0 Å². The van der Waals surface area contributed by atoms with Gasteiger partial charge in [-0.05, 0) is 25.5 Å². The van der Waals surface area contributed by atoms with E-state index in [1.54, 1.807) is 0 Å². The zero-order valence-electron chi connectivity index (χ0n) is 8.75. The van der Waals surface area contributed by atoms with Crippen LogP contribution in [-0.2, 0) is 6.54 Å². The maximum absolute atomic E-state index is 4.30. The van der Waals surface area contributed by atoms with E-state index in [4.69, 9.17) is 0 Å². The molecule has 1 aromatic heterocycles. The molecular formula is C10H19N3. The second-order valence-corrected chi connectivity index (χ2v) is 3.82. The molecule has 0 saturated carbocycles. The first-order valence-corrected chi connectivity index (χ1v) is 4.89. The Morgan fingerprint density at radius 1 is 1.54 bits per heavy atom. The quantitative estimate of drug-likeness (QED) is 0.697. The van der Waals surface area contributed by atoms with Gasteiger partial charge in [0, 0.05) is 12.7 Å². The average molecular weight is 181 g/mol. The van der Waals surface area contributed by atoms with E-state index in [-0.39, 0.29) is 0 Å². The van der Waals surface area contributed by atoms with Crippen molar-refractivity contribution in [3.8, 4) is 0 Å². The standard InChI is InChI=1S/C10H19N3/c1-9(2)8-11-5-7-13-6-4-10(3)12-13/h4,6,9,11H,5,7-8H2,1-3H3. The molecule has 0 unspecified atom stereocenters. The Kier molecular flexibility index (Phi) is 3.96. The van der Waals surface area contributed by atoms with E-state index >= 15 is 0 Å². The van der Waals surface area contributed by atoms with Gasteiger partial charge >= 0.3 is 0 Å². The summed E-state index contributed by atoms with van der Waals surface area (Å²) >= 11 is 0. The van der Waals surface area contributed by atoms with Crippen LogP contribution in [0.3, 0.4) is 0 Å². The molecule has 1 rings (SSSR count). The fourth-order valence-corrected chi connectivity index (χ4v) is 1.17. The van der Waals surface area contributed by atoms with E-state index < -0.39 is 0 Å². The molecule has 1 aromatic rings. The summed E-state index contributed by atoms with van der Waals surface area (Å²) in [5, 5.41) is 7.69. The van der Waals surface area contributed by atoms with Gasteiger partial charge in [-0.25, -0.2) is 0 Å². The molecule has 0 aliphatic heterocycles. The first-order valence-electron chi connectivity index (χ1n) is 4.89. The van der Waals surface area contributed by atoms with Crippen LogP contribution < -0.4 is 5.32 Å². The lowest BCUT2D eigenvalue weighted by atomic mass is 10.2. The van der Waals surface area contributed by atoms with Crippen LogP contribution in [0.2, 0.25) is 0 Å². The molecule has 1 N–H and O–H groups in total. The highest BCUT2D eigenvalue weighted by Gasteiger charge is 1.94. The lowest BCUT2D eigenvalue weighted by Crippen LogP contribution is -2.24. The highest BCUT2D eigenvalue weighted by atomic mass is 15.3. The molecule has 0 saturated heterocycles. The van der Waals surface area contributed by atoms with Crippen LogP contribution in [0.15, 0.2) is 12.3 Å². The predicted octanol–water partition coefficient (Wildman–Crippen LogP) is 1.44. The van der Waals surface area contributed by atoms with Crippen molar-refractivity contribution in [3.63, 3.8) is 0 Å². The summed E-state index contributed by atoms with van der Waals surface area (Å²) < 4.78 is 1.97. The number of hydrogen-bond acceptors (Lipinski definition) is 2. The maximum Gasteiger partial charge on any atom is 0.0593 e. The number of aromatic nitrogens is 2. The van der Waals surface area contributed by atoms with E-state index in [0.717, 1.165) is 31.2 Å². The van der Waals surface area contributed by atoms with Gasteiger partial charge in [-0.2, -0.15) is 5.10 Å². The van der Waals surface area contributed by atoms with E-state index in [1.807, 2.05) is 23.9 Å². The van der Waals surface area contributed by atoms with Crippen LogP contribution in [0.5, 0.6) is 0 Å². The van der Waals surface area contributed by atoms with Gasteiger partial charge in [-0.15, -0.1) is 0 Å². The van der Waals surface area contributed by atoms with E-state index in [0.29, 0.717) is 0 Å². The first kappa shape index (κ1) is 10.3. The first-order chi connectivity index (χ1) is 6.18. The minimum absolute atomic E-state index is 0.722. The highest BCUT2D eigenvalue weighted by molar-refractivity contribution is 4.94. The Morgan fingerprint density at radius 3 is 2.85 bits per heavy atom. The van der Waals surface area contributed by atoms with Gasteiger partial charge in [-0.1, -0.05) is 13.8 Å². The summed E-state index contributed by atoms with van der Waals surface area (Å²) in [6.07, 6.45) is 2.02. The van der Waals surface area contributed by atoms with Crippen molar-refractivity contribution in [2.24, 2.45) is 5.92 Å². The molecule has 0 spiro atoms. The van der Waals surface area contributed by atoms with Crippen LogP contribution in [0.1, 0.15) is 19.5 Å². The number of nitrogens with zero attached hydrogens (tertiary/aromatic N) is 2. The number of nitrogens with one attached hydrogen (secondary N) is 1. The Balaban J connectivity index is 2.13. The molecule has 0 bridgehead atoms. The second kappa shape index (κ2) is 5.02. The molecule has 3 nitrogen and oxygen atoms in total. The summed E-state index contributed by atoms with van der Waals surface area (Å²) in [6, 6.07) is 2.03. The molecule has 74 valence electrons. The third-order valence-corrected chi connectivity index (χ3v) is 1.84. The average Bonchev–Trinajstić information content (AvgIpc) is 2.45. The molecule has 0 radical (unpaired) electrons. The number of hydrogen-bond donors (Lipinski definition) is 1. The van der Waals surface area contributed by atoms with Gasteiger partial charge in [0.2, 0.25) is 0 Å². The maximum atomic E-state index is 4.30. The van der Waals surface area contributed by atoms with E-state index in [1.165, 1.54) is 0 Å². The molecule has 1 heterocycles. The van der Waals surface area contributed by atoms with Crippen molar-refractivity contribution in [2.75, 3.05) is 13.1 Å². The van der Waals surface area contributed by atoms with Crippen molar-refractivity contribution in [3.05, 3.63) is 18.0 Å². The number of rotatable bonds is 5. The van der Waals surface area contributed by atoms with Crippen molar-refractivity contribution < 1.29 is 0 Å². The van der Waals surface area contributed by atoms with Gasteiger partial charge in [0.05, 0.1) is 12.2 Å². The fraction of sp³-hybridized carbons (Fsp3) is 0.700. The smallest absolute Gasteiger partial charge is 0.0593 e. The fourth-order valence-electron chi connectivity index (χ4n) is 1.17. The second-order valence-electron chi connectivity index (χ2n) is 3.82. The van der Waals surface area contributed by atoms with Gasteiger partial charge < -0.3 is 5.32 Å². The van der Waals surface area contributed by atoms with Crippen molar-refractivity contribution >= 4 is 0 Å². The van der Waals surface area contributed by atoms with E-state index in [2.05, 4.69) is 24.3 Å². The van der Waals surface area contributed by atoms with Crippen molar-refractivity contribution in [2.45, 2.75) is 27.3 Å². The van der Waals surface area contributed by atoms with Crippen LogP contribution in [0.4, 0.5) is 0 Å². The Hall–Kier alpha value is -0.830. The molecule has 0 atom stereocenters. The Morgan fingerprint density at radius 2 is 2.31 bits per heavy atom. The van der Waals surface area contributed by atoms with Gasteiger partial charge in [-0.3, -0.25) is 4.68 Å². The van der Waals surface area contributed by atoms with Crippen molar-refractivity contribution in [1.82, 2.24) is 15.1 Å². The lowest BCUT2D eigenvalue weighted by molar-refractivity contribution is 0.505. The number of aryl methyl sites for hydroxylation is 1. The summed E-state index contributed by atoms with van der Waals surface area (Å²) in [7, 11) is 0. The van der Waals surface area contributed by atoms with Crippen LogP contribution in [-0.4, -0.2) is 22.9 Å². The summed E-state index contributed by atoms with van der Waals surface area (Å²) in [4.78, 5) is 0. The van der Waals surface area contributed by atoms with Crippen LogP contribution >= 0.6 is 0 Å². The largest absolute Gasteiger partial charge is 0.315 e. The summed E-state index contributed by atoms with van der Waals surface area (Å²) in [5.74, 6) is 0.722. The van der Waals surface area contributed by atoms with Gasteiger partial charge in [0.25, 0.3) is 0 Å². The Labute approximate surface area is 80.1 Å². The molecule has 0 aromatic carbocycles. The summed E-state index contributed by atoms with van der Waals surface area (Å²) in [6.45, 7) is 9.48.